The van der Waals surface area contributed by atoms with E-state index in [4.69, 9.17) is 19.1 Å². The lowest BCUT2D eigenvalue weighted by Crippen LogP contribution is -2.39. The Bertz CT molecular complexity index is 1010. The zero-order chi connectivity index (χ0) is 17.3. The fraction of sp³-hybridized carbons (Fsp3) is 0.200. The summed E-state index contributed by atoms with van der Waals surface area (Å²) in [5, 5.41) is 3.11. The number of thiophene rings is 1. The van der Waals surface area contributed by atoms with Crippen molar-refractivity contribution in [1.29, 1.82) is 0 Å². The first kappa shape index (κ1) is 15.5. The maximum absolute atomic E-state index is 5.91. The van der Waals surface area contributed by atoms with Crippen LogP contribution in [0.1, 0.15) is 11.9 Å². The summed E-state index contributed by atoms with van der Waals surface area (Å²) < 4.78 is 11.5. The SMILES string of the molecule is c1coc(C2CN(c3nc(-c4cccs4)nc4ccccc34)CCO2)c1. The van der Waals surface area contributed by atoms with E-state index in [-0.39, 0.29) is 6.10 Å². The molecule has 1 saturated heterocycles. The third kappa shape index (κ3) is 2.77. The minimum atomic E-state index is -0.0855. The highest BCUT2D eigenvalue weighted by atomic mass is 32.1. The molecule has 4 heterocycles. The number of para-hydroxylation sites is 1. The predicted molar refractivity (Wildman–Crippen MR) is 102 cm³/mol. The summed E-state index contributed by atoms with van der Waals surface area (Å²) in [5.74, 6) is 2.58. The maximum atomic E-state index is 5.91. The number of benzene rings is 1. The van der Waals surface area contributed by atoms with Gasteiger partial charge >= 0.3 is 0 Å². The molecule has 1 fully saturated rings. The molecule has 130 valence electrons. The molecule has 0 aliphatic carbocycles. The highest BCUT2D eigenvalue weighted by Gasteiger charge is 2.26. The molecule has 3 aromatic heterocycles. The third-order valence-corrected chi connectivity index (χ3v) is 5.42. The molecule has 1 unspecified atom stereocenters. The summed E-state index contributed by atoms with van der Waals surface area (Å²) in [6, 6.07) is 16.1. The highest BCUT2D eigenvalue weighted by Crippen LogP contribution is 2.32. The lowest BCUT2D eigenvalue weighted by Gasteiger charge is -2.33. The van der Waals surface area contributed by atoms with Crippen molar-refractivity contribution in [2.24, 2.45) is 0 Å². The van der Waals surface area contributed by atoms with Crippen LogP contribution in [0, 0.1) is 0 Å². The van der Waals surface area contributed by atoms with E-state index in [0.29, 0.717) is 13.2 Å². The number of aromatic nitrogens is 2. The van der Waals surface area contributed by atoms with Gasteiger partial charge in [0.05, 0.1) is 29.8 Å². The minimum Gasteiger partial charge on any atom is -0.467 e. The van der Waals surface area contributed by atoms with E-state index >= 15 is 0 Å². The monoisotopic (exact) mass is 363 g/mol. The Morgan fingerprint density at radius 2 is 2.00 bits per heavy atom. The Hall–Kier alpha value is -2.70. The molecule has 6 heteroatoms. The number of hydrogen-bond acceptors (Lipinski definition) is 6. The average Bonchev–Trinajstić information content (AvgIpc) is 3.41. The van der Waals surface area contributed by atoms with Gasteiger partial charge in [0, 0.05) is 11.9 Å². The molecule has 26 heavy (non-hydrogen) atoms. The van der Waals surface area contributed by atoms with Gasteiger partial charge in [-0.15, -0.1) is 11.3 Å². The zero-order valence-corrected chi connectivity index (χ0v) is 14.9. The lowest BCUT2D eigenvalue weighted by molar-refractivity contribution is 0.0256. The molecule has 5 rings (SSSR count). The van der Waals surface area contributed by atoms with Gasteiger partial charge in [-0.25, -0.2) is 9.97 Å². The van der Waals surface area contributed by atoms with E-state index in [1.807, 2.05) is 36.4 Å². The van der Waals surface area contributed by atoms with Gasteiger partial charge in [0.25, 0.3) is 0 Å². The van der Waals surface area contributed by atoms with Crippen LogP contribution in [0.25, 0.3) is 21.6 Å². The van der Waals surface area contributed by atoms with Crippen LogP contribution in [0.5, 0.6) is 0 Å². The summed E-state index contributed by atoms with van der Waals surface area (Å²) in [6.07, 6.45) is 1.60. The van der Waals surface area contributed by atoms with E-state index in [1.54, 1.807) is 17.6 Å². The second kappa shape index (κ2) is 6.55. The largest absolute Gasteiger partial charge is 0.467 e. The Balaban J connectivity index is 1.59. The first-order valence-corrected chi connectivity index (χ1v) is 9.47. The number of morpholine rings is 1. The summed E-state index contributed by atoms with van der Waals surface area (Å²) >= 11 is 1.66. The van der Waals surface area contributed by atoms with E-state index in [0.717, 1.165) is 39.7 Å². The van der Waals surface area contributed by atoms with E-state index in [1.165, 1.54) is 0 Å². The first-order valence-electron chi connectivity index (χ1n) is 8.59. The molecule has 0 spiro atoms. The lowest BCUT2D eigenvalue weighted by atomic mass is 10.1. The van der Waals surface area contributed by atoms with Gasteiger partial charge in [-0.05, 0) is 35.7 Å². The smallest absolute Gasteiger partial charge is 0.172 e. The number of furan rings is 1. The van der Waals surface area contributed by atoms with Crippen molar-refractivity contribution in [2.45, 2.75) is 6.10 Å². The summed E-state index contributed by atoms with van der Waals surface area (Å²) in [5.41, 5.74) is 0.960. The van der Waals surface area contributed by atoms with Crippen LogP contribution in [-0.2, 0) is 4.74 Å². The Morgan fingerprint density at radius 1 is 1.04 bits per heavy atom. The van der Waals surface area contributed by atoms with Crippen molar-refractivity contribution >= 4 is 28.1 Å². The number of ether oxygens (including phenoxy) is 1. The summed E-state index contributed by atoms with van der Waals surface area (Å²) in [4.78, 5) is 13.0. The number of nitrogens with zero attached hydrogens (tertiary/aromatic N) is 3. The summed E-state index contributed by atoms with van der Waals surface area (Å²) in [6.45, 7) is 2.14. The molecule has 0 N–H and O–H groups in total. The van der Waals surface area contributed by atoms with Crippen LogP contribution in [0.2, 0.25) is 0 Å². The summed E-state index contributed by atoms with van der Waals surface area (Å²) in [7, 11) is 0. The fourth-order valence-electron chi connectivity index (χ4n) is 3.31. The van der Waals surface area contributed by atoms with Crippen LogP contribution < -0.4 is 4.90 Å². The van der Waals surface area contributed by atoms with E-state index in [9.17, 15) is 0 Å². The van der Waals surface area contributed by atoms with Gasteiger partial charge in [0.15, 0.2) is 5.82 Å². The van der Waals surface area contributed by atoms with Crippen LogP contribution in [-0.4, -0.2) is 29.7 Å². The molecule has 4 aromatic rings. The predicted octanol–water partition coefficient (Wildman–Crippen LogP) is 4.53. The van der Waals surface area contributed by atoms with Gasteiger partial charge in [-0.2, -0.15) is 0 Å². The topological polar surface area (TPSA) is 51.4 Å². The van der Waals surface area contributed by atoms with Crippen molar-refractivity contribution < 1.29 is 9.15 Å². The van der Waals surface area contributed by atoms with Gasteiger partial charge in [0.2, 0.25) is 0 Å². The molecule has 5 nitrogen and oxygen atoms in total. The molecule has 1 aliphatic rings. The van der Waals surface area contributed by atoms with Gasteiger partial charge < -0.3 is 14.1 Å². The average molecular weight is 363 g/mol. The normalized spacial score (nSPS) is 17.7. The molecule has 1 atom stereocenters. The number of hydrogen-bond donors (Lipinski definition) is 0. The number of anilines is 1. The molecule has 0 saturated carbocycles. The van der Waals surface area contributed by atoms with Gasteiger partial charge in [-0.3, -0.25) is 0 Å². The third-order valence-electron chi connectivity index (χ3n) is 4.55. The van der Waals surface area contributed by atoms with Crippen LogP contribution >= 0.6 is 11.3 Å². The van der Waals surface area contributed by atoms with Crippen molar-refractivity contribution in [2.75, 3.05) is 24.6 Å². The van der Waals surface area contributed by atoms with E-state index < -0.39 is 0 Å². The molecule has 1 aliphatic heterocycles. The van der Waals surface area contributed by atoms with Gasteiger partial charge in [-0.1, -0.05) is 18.2 Å². The Labute approximate surface area is 154 Å². The molecular weight excluding hydrogens is 346 g/mol. The number of rotatable bonds is 3. The molecule has 0 radical (unpaired) electrons. The van der Waals surface area contributed by atoms with Crippen molar-refractivity contribution in [3.05, 3.63) is 65.9 Å². The quantitative estimate of drug-likeness (QED) is 0.535. The van der Waals surface area contributed by atoms with Crippen LogP contribution in [0.3, 0.4) is 0 Å². The van der Waals surface area contributed by atoms with Crippen molar-refractivity contribution in [3.8, 4) is 10.7 Å². The Morgan fingerprint density at radius 3 is 2.85 bits per heavy atom. The molecule has 1 aromatic carbocycles. The highest BCUT2D eigenvalue weighted by molar-refractivity contribution is 7.13. The van der Waals surface area contributed by atoms with Crippen LogP contribution in [0.15, 0.2) is 64.6 Å². The fourth-order valence-corrected chi connectivity index (χ4v) is 3.96. The first-order chi connectivity index (χ1) is 12.9. The molecule has 0 amide bonds. The second-order valence-corrected chi connectivity index (χ2v) is 7.13. The minimum absolute atomic E-state index is 0.0855. The molecule has 0 bridgehead atoms. The standard InChI is InChI=1S/C20H17N3O2S/c1-2-6-15-14(5-1)20(22-19(21-15)18-8-4-12-26-18)23-9-11-25-17(13-23)16-7-3-10-24-16/h1-8,10,12,17H,9,11,13H2. The molecular formula is C20H17N3O2S. The van der Waals surface area contributed by atoms with E-state index in [2.05, 4.69) is 22.4 Å². The zero-order valence-electron chi connectivity index (χ0n) is 14.0. The second-order valence-electron chi connectivity index (χ2n) is 6.19. The number of fused-ring (bicyclic) bond motifs is 1. The van der Waals surface area contributed by atoms with Crippen molar-refractivity contribution in [3.63, 3.8) is 0 Å². The Kier molecular flexibility index (Phi) is 3.92. The van der Waals surface area contributed by atoms with Crippen molar-refractivity contribution in [1.82, 2.24) is 9.97 Å². The van der Waals surface area contributed by atoms with Gasteiger partial charge in [0.1, 0.15) is 17.7 Å². The maximum Gasteiger partial charge on any atom is 0.172 e. The van der Waals surface area contributed by atoms with Crippen LogP contribution in [0.4, 0.5) is 5.82 Å².